The fourth-order valence-corrected chi connectivity index (χ4v) is 2.71. The average molecular weight is 286 g/mol. The van der Waals surface area contributed by atoms with Gasteiger partial charge in [0.05, 0.1) is 5.92 Å². The molecule has 21 heavy (non-hydrogen) atoms. The van der Waals surface area contributed by atoms with Crippen molar-refractivity contribution in [2.45, 2.75) is 32.6 Å². The van der Waals surface area contributed by atoms with E-state index in [1.807, 2.05) is 11.8 Å². The van der Waals surface area contributed by atoms with Gasteiger partial charge in [-0.1, -0.05) is 12.1 Å². The van der Waals surface area contributed by atoms with Crippen molar-refractivity contribution in [2.75, 3.05) is 13.1 Å². The van der Waals surface area contributed by atoms with Crippen LogP contribution in [-0.4, -0.2) is 39.0 Å². The number of hydrogen-bond donors (Lipinski definition) is 0. The number of likely N-dealkylation sites (tertiary alicyclic amines) is 1. The van der Waals surface area contributed by atoms with Gasteiger partial charge in [-0.3, -0.25) is 9.78 Å². The molecule has 0 radical (unpaired) electrons. The molecule has 1 aliphatic rings. The van der Waals surface area contributed by atoms with Gasteiger partial charge >= 0.3 is 0 Å². The standard InChI is InChI=1S/C15H18N4O2/c1-3-11-8-16-6-4-13(11)15(20)19-7-5-12(9-19)14-17-10(2)18-21-14/h4,6,8,12H,3,5,7,9H2,1-2H3. The Kier molecular flexibility index (Phi) is 3.68. The lowest BCUT2D eigenvalue weighted by molar-refractivity contribution is 0.0788. The van der Waals surface area contributed by atoms with E-state index >= 15 is 0 Å². The smallest absolute Gasteiger partial charge is 0.254 e. The zero-order chi connectivity index (χ0) is 14.8. The van der Waals surface area contributed by atoms with Crippen molar-refractivity contribution in [3.63, 3.8) is 0 Å². The normalized spacial score (nSPS) is 18.2. The second kappa shape index (κ2) is 5.63. The molecule has 0 bridgehead atoms. The first-order valence-electron chi connectivity index (χ1n) is 7.21. The molecule has 3 heterocycles. The Balaban J connectivity index is 1.75. The van der Waals surface area contributed by atoms with Crippen LogP contribution in [0.4, 0.5) is 0 Å². The van der Waals surface area contributed by atoms with Crippen LogP contribution in [-0.2, 0) is 6.42 Å². The predicted octanol–water partition coefficient (Wildman–Crippen LogP) is 1.97. The summed E-state index contributed by atoms with van der Waals surface area (Å²) in [6.45, 7) is 5.18. The van der Waals surface area contributed by atoms with E-state index in [0.29, 0.717) is 18.3 Å². The number of aryl methyl sites for hydroxylation is 2. The number of hydrogen-bond acceptors (Lipinski definition) is 5. The molecule has 1 atom stereocenters. The molecule has 1 amide bonds. The van der Waals surface area contributed by atoms with Crippen LogP contribution in [0.25, 0.3) is 0 Å². The number of amides is 1. The summed E-state index contributed by atoms with van der Waals surface area (Å²) < 4.78 is 5.22. The van der Waals surface area contributed by atoms with Gasteiger partial charge in [-0.25, -0.2) is 0 Å². The molecule has 0 aliphatic carbocycles. The number of pyridine rings is 1. The SMILES string of the molecule is CCc1cnccc1C(=O)N1CCC(c2nc(C)no2)C1. The zero-order valence-corrected chi connectivity index (χ0v) is 12.2. The molecule has 0 saturated carbocycles. The summed E-state index contributed by atoms with van der Waals surface area (Å²) in [6, 6.07) is 1.80. The lowest BCUT2D eigenvalue weighted by Gasteiger charge is -2.17. The molecule has 1 unspecified atom stereocenters. The fraction of sp³-hybridized carbons (Fsp3) is 0.467. The van der Waals surface area contributed by atoms with Gasteiger partial charge in [0.15, 0.2) is 5.82 Å². The van der Waals surface area contributed by atoms with E-state index in [4.69, 9.17) is 4.52 Å². The van der Waals surface area contributed by atoms with Crippen LogP contribution in [0, 0.1) is 6.92 Å². The van der Waals surface area contributed by atoms with Crippen molar-refractivity contribution in [1.82, 2.24) is 20.0 Å². The van der Waals surface area contributed by atoms with E-state index < -0.39 is 0 Å². The first-order chi connectivity index (χ1) is 10.2. The minimum absolute atomic E-state index is 0.0630. The van der Waals surface area contributed by atoms with Crippen LogP contribution in [0.3, 0.4) is 0 Å². The highest BCUT2D eigenvalue weighted by molar-refractivity contribution is 5.95. The molecular formula is C15H18N4O2. The Morgan fingerprint density at radius 3 is 3.10 bits per heavy atom. The molecule has 3 rings (SSSR count). The van der Waals surface area contributed by atoms with Crippen LogP contribution in [0.2, 0.25) is 0 Å². The Labute approximate surface area is 123 Å². The van der Waals surface area contributed by atoms with E-state index in [2.05, 4.69) is 15.1 Å². The number of aromatic nitrogens is 3. The van der Waals surface area contributed by atoms with Gasteiger partial charge < -0.3 is 9.42 Å². The molecule has 1 saturated heterocycles. The van der Waals surface area contributed by atoms with Gasteiger partial charge in [-0.15, -0.1) is 0 Å². The van der Waals surface area contributed by atoms with Crippen molar-refractivity contribution in [3.8, 4) is 0 Å². The largest absolute Gasteiger partial charge is 0.339 e. The van der Waals surface area contributed by atoms with Crippen molar-refractivity contribution in [1.29, 1.82) is 0 Å². The minimum Gasteiger partial charge on any atom is -0.339 e. The van der Waals surface area contributed by atoms with Crippen LogP contribution >= 0.6 is 0 Å². The first kappa shape index (κ1) is 13.7. The summed E-state index contributed by atoms with van der Waals surface area (Å²) in [4.78, 5) is 22.9. The molecule has 6 heteroatoms. The maximum Gasteiger partial charge on any atom is 0.254 e. The van der Waals surface area contributed by atoms with Crippen LogP contribution in [0.1, 0.15) is 46.9 Å². The summed E-state index contributed by atoms with van der Waals surface area (Å²) in [5, 5.41) is 3.82. The summed E-state index contributed by atoms with van der Waals surface area (Å²) in [5.74, 6) is 1.47. The molecule has 1 aliphatic heterocycles. The maximum atomic E-state index is 12.6. The summed E-state index contributed by atoms with van der Waals surface area (Å²) in [7, 11) is 0. The third-order valence-electron chi connectivity index (χ3n) is 3.88. The van der Waals surface area contributed by atoms with Crippen LogP contribution < -0.4 is 0 Å². The van der Waals surface area contributed by atoms with Gasteiger partial charge in [-0.2, -0.15) is 4.98 Å². The molecular weight excluding hydrogens is 268 g/mol. The second-order valence-corrected chi connectivity index (χ2v) is 5.30. The molecule has 2 aromatic rings. The summed E-state index contributed by atoms with van der Waals surface area (Å²) >= 11 is 0. The molecule has 0 N–H and O–H groups in total. The third-order valence-corrected chi connectivity index (χ3v) is 3.88. The van der Waals surface area contributed by atoms with Crippen molar-refractivity contribution in [2.24, 2.45) is 0 Å². The van der Waals surface area contributed by atoms with E-state index in [1.54, 1.807) is 25.4 Å². The highest BCUT2D eigenvalue weighted by Gasteiger charge is 2.31. The Hall–Kier alpha value is -2.24. The lowest BCUT2D eigenvalue weighted by atomic mass is 10.1. The average Bonchev–Trinajstić information content (AvgIpc) is 3.15. The number of nitrogens with zero attached hydrogens (tertiary/aromatic N) is 4. The number of rotatable bonds is 3. The summed E-state index contributed by atoms with van der Waals surface area (Å²) in [6.07, 6.45) is 5.10. The van der Waals surface area contributed by atoms with Crippen LogP contribution in [0.5, 0.6) is 0 Å². The molecule has 110 valence electrons. The van der Waals surface area contributed by atoms with E-state index in [1.165, 1.54) is 0 Å². The van der Waals surface area contributed by atoms with Crippen molar-refractivity contribution >= 4 is 5.91 Å². The van der Waals surface area contributed by atoms with Crippen molar-refractivity contribution < 1.29 is 9.32 Å². The van der Waals surface area contributed by atoms with Gasteiger partial charge in [0, 0.05) is 31.0 Å². The lowest BCUT2D eigenvalue weighted by Crippen LogP contribution is -2.29. The van der Waals surface area contributed by atoms with Crippen LogP contribution in [0.15, 0.2) is 23.0 Å². The highest BCUT2D eigenvalue weighted by Crippen LogP contribution is 2.27. The maximum absolute atomic E-state index is 12.6. The molecule has 6 nitrogen and oxygen atoms in total. The first-order valence-corrected chi connectivity index (χ1v) is 7.21. The summed E-state index contributed by atoms with van der Waals surface area (Å²) in [5.41, 5.74) is 1.73. The Morgan fingerprint density at radius 1 is 1.52 bits per heavy atom. The molecule has 0 spiro atoms. The fourth-order valence-electron chi connectivity index (χ4n) is 2.71. The third kappa shape index (κ3) is 2.66. The van der Waals surface area contributed by atoms with Gasteiger partial charge in [-0.05, 0) is 31.4 Å². The monoisotopic (exact) mass is 286 g/mol. The predicted molar refractivity (Wildman–Crippen MR) is 75.9 cm³/mol. The van der Waals surface area contributed by atoms with Gasteiger partial charge in [0.1, 0.15) is 0 Å². The molecule has 0 aromatic carbocycles. The second-order valence-electron chi connectivity index (χ2n) is 5.30. The highest BCUT2D eigenvalue weighted by atomic mass is 16.5. The zero-order valence-electron chi connectivity index (χ0n) is 12.2. The van der Waals surface area contributed by atoms with E-state index in [9.17, 15) is 4.79 Å². The quantitative estimate of drug-likeness (QED) is 0.862. The van der Waals surface area contributed by atoms with Crippen molar-refractivity contribution in [3.05, 3.63) is 41.3 Å². The van der Waals surface area contributed by atoms with Gasteiger partial charge in [0.2, 0.25) is 5.89 Å². The molecule has 2 aromatic heterocycles. The number of carbonyl (C=O) groups excluding carboxylic acids is 1. The minimum atomic E-state index is 0.0630. The Bertz CT molecular complexity index is 653. The molecule has 1 fully saturated rings. The van der Waals surface area contributed by atoms with E-state index in [0.717, 1.165) is 30.5 Å². The topological polar surface area (TPSA) is 72.1 Å². The van der Waals surface area contributed by atoms with Gasteiger partial charge in [0.25, 0.3) is 5.91 Å². The Morgan fingerprint density at radius 2 is 2.38 bits per heavy atom. The van der Waals surface area contributed by atoms with E-state index in [-0.39, 0.29) is 11.8 Å². The number of carbonyl (C=O) groups is 1.